The smallest absolute Gasteiger partial charge is 0.129 e. The molecule has 102 valence electrons. The summed E-state index contributed by atoms with van der Waals surface area (Å²) in [6, 6.07) is 12.7. The minimum atomic E-state index is -0.512. The van der Waals surface area contributed by atoms with Gasteiger partial charge >= 0.3 is 0 Å². The molecule has 0 fully saturated rings. The fourth-order valence-corrected chi connectivity index (χ4v) is 2.36. The molecule has 0 unspecified atom stereocenters. The molecule has 2 rings (SSSR count). The van der Waals surface area contributed by atoms with Gasteiger partial charge in [0, 0.05) is 30.5 Å². The predicted molar refractivity (Wildman–Crippen MR) is 73.4 cm³/mol. The quantitative estimate of drug-likeness (QED) is 0.908. The fourth-order valence-electron chi connectivity index (χ4n) is 2.36. The second-order valence-electron chi connectivity index (χ2n) is 4.53. The lowest BCUT2D eigenvalue weighted by Gasteiger charge is -2.22. The Kier molecular flexibility index (Phi) is 4.80. The number of hydrogen-bond acceptors (Lipinski definition) is 3. The summed E-state index contributed by atoms with van der Waals surface area (Å²) in [6.45, 7) is -0.107. The van der Waals surface area contributed by atoms with Crippen LogP contribution in [-0.4, -0.2) is 16.7 Å². The van der Waals surface area contributed by atoms with E-state index in [1.54, 1.807) is 0 Å². The summed E-state index contributed by atoms with van der Waals surface area (Å²) in [5.74, 6) is -1.32. The van der Waals surface area contributed by atoms with Gasteiger partial charge < -0.3 is 5.11 Å². The van der Waals surface area contributed by atoms with E-state index in [2.05, 4.69) is 11.1 Å². The van der Waals surface area contributed by atoms with Crippen LogP contribution in [0.15, 0.2) is 48.8 Å². The molecule has 1 aromatic carbocycles. The van der Waals surface area contributed by atoms with Crippen LogP contribution in [0, 0.1) is 17.1 Å². The second-order valence-corrected chi connectivity index (χ2v) is 4.53. The van der Waals surface area contributed by atoms with Gasteiger partial charge in [-0.15, -0.1) is 0 Å². The van der Waals surface area contributed by atoms with Crippen molar-refractivity contribution in [1.82, 2.24) is 4.98 Å². The zero-order chi connectivity index (χ0) is 14.4. The van der Waals surface area contributed by atoms with Crippen molar-refractivity contribution in [1.29, 1.82) is 5.26 Å². The average molecular weight is 270 g/mol. The first-order valence-corrected chi connectivity index (χ1v) is 6.42. The van der Waals surface area contributed by atoms with Gasteiger partial charge in [0.05, 0.1) is 12.0 Å². The van der Waals surface area contributed by atoms with Crippen molar-refractivity contribution in [3.8, 4) is 6.07 Å². The van der Waals surface area contributed by atoms with Crippen molar-refractivity contribution < 1.29 is 9.50 Å². The molecule has 0 radical (unpaired) electrons. The molecule has 0 aliphatic carbocycles. The van der Waals surface area contributed by atoms with Gasteiger partial charge in [-0.25, -0.2) is 4.39 Å². The first-order chi connectivity index (χ1) is 9.77. The highest BCUT2D eigenvalue weighted by molar-refractivity contribution is 5.32. The van der Waals surface area contributed by atoms with Crippen LogP contribution in [0.2, 0.25) is 0 Å². The van der Waals surface area contributed by atoms with E-state index in [9.17, 15) is 14.8 Å². The maximum atomic E-state index is 13.9. The summed E-state index contributed by atoms with van der Waals surface area (Å²) in [6.07, 6.45) is 3.12. The van der Waals surface area contributed by atoms with Crippen LogP contribution in [0.3, 0.4) is 0 Å². The summed E-state index contributed by atoms with van der Waals surface area (Å²) in [7, 11) is 0. The van der Waals surface area contributed by atoms with Gasteiger partial charge in [0.2, 0.25) is 0 Å². The van der Waals surface area contributed by atoms with Gasteiger partial charge in [0.25, 0.3) is 0 Å². The van der Waals surface area contributed by atoms with Crippen molar-refractivity contribution >= 4 is 0 Å². The average Bonchev–Trinajstić information content (AvgIpc) is 2.49. The number of rotatable bonds is 5. The molecule has 2 aromatic rings. The molecule has 3 nitrogen and oxygen atoms in total. The Hall–Kier alpha value is -2.25. The summed E-state index contributed by atoms with van der Waals surface area (Å²) in [5, 5.41) is 18.7. The lowest BCUT2D eigenvalue weighted by molar-refractivity contribution is 0.270. The maximum Gasteiger partial charge on any atom is 0.129 e. The number of nitriles is 1. The van der Waals surface area contributed by atoms with E-state index in [4.69, 9.17) is 0 Å². The molecule has 2 atom stereocenters. The number of aliphatic hydroxyl groups is 1. The Morgan fingerprint density at radius 1 is 1.25 bits per heavy atom. The van der Waals surface area contributed by atoms with Crippen LogP contribution in [0.25, 0.3) is 0 Å². The standard InChI is InChI=1S/C16H15FN2O/c17-16-6-8-19-11-15(16)13(7-9-20)14(10-18)12-4-2-1-3-5-12/h1-6,8,11,13-14,20H,7,9H2/t13-,14-/m1/s1. The Bertz CT molecular complexity index is 595. The topological polar surface area (TPSA) is 56.9 Å². The van der Waals surface area contributed by atoms with Crippen LogP contribution in [0.1, 0.15) is 29.4 Å². The van der Waals surface area contributed by atoms with E-state index in [0.717, 1.165) is 5.56 Å². The van der Waals surface area contributed by atoms with E-state index < -0.39 is 17.7 Å². The van der Waals surface area contributed by atoms with Crippen LogP contribution in [-0.2, 0) is 0 Å². The van der Waals surface area contributed by atoms with Gasteiger partial charge in [0.1, 0.15) is 5.82 Å². The molecule has 0 saturated carbocycles. The lowest BCUT2D eigenvalue weighted by Crippen LogP contribution is -2.13. The number of aliphatic hydroxyl groups excluding tert-OH is 1. The minimum absolute atomic E-state index is 0.107. The predicted octanol–water partition coefficient (Wildman–Crippen LogP) is 2.99. The molecule has 4 heteroatoms. The van der Waals surface area contributed by atoms with E-state index in [1.807, 2.05) is 30.3 Å². The number of halogens is 1. The number of nitrogens with zero attached hydrogens (tertiary/aromatic N) is 2. The van der Waals surface area contributed by atoms with Gasteiger partial charge in [0.15, 0.2) is 0 Å². The second kappa shape index (κ2) is 6.78. The third kappa shape index (κ3) is 3.01. The van der Waals surface area contributed by atoms with Gasteiger partial charge in [-0.1, -0.05) is 30.3 Å². The van der Waals surface area contributed by atoms with E-state index in [0.29, 0.717) is 12.0 Å². The first kappa shape index (κ1) is 14.2. The maximum absolute atomic E-state index is 13.9. The Labute approximate surface area is 117 Å². The van der Waals surface area contributed by atoms with Crippen molar-refractivity contribution in [3.05, 3.63) is 65.7 Å². The normalized spacial score (nSPS) is 13.4. The van der Waals surface area contributed by atoms with E-state index >= 15 is 0 Å². The molecule has 0 aliphatic heterocycles. The number of hydrogen-bond donors (Lipinski definition) is 1. The third-order valence-electron chi connectivity index (χ3n) is 3.34. The molecule has 1 heterocycles. The fraction of sp³-hybridized carbons (Fsp3) is 0.250. The summed E-state index contributed by atoms with van der Waals surface area (Å²) >= 11 is 0. The SMILES string of the molecule is N#C[C@H](c1ccccc1)[C@@H](CCO)c1cnccc1F. The van der Waals surface area contributed by atoms with Crippen LogP contribution in [0.5, 0.6) is 0 Å². The molecule has 0 saturated heterocycles. The number of pyridine rings is 1. The van der Waals surface area contributed by atoms with Crippen LogP contribution >= 0.6 is 0 Å². The van der Waals surface area contributed by atoms with Gasteiger partial charge in [-0.3, -0.25) is 4.98 Å². The number of benzene rings is 1. The first-order valence-electron chi connectivity index (χ1n) is 6.42. The van der Waals surface area contributed by atoms with Gasteiger partial charge in [-0.05, 0) is 18.1 Å². The van der Waals surface area contributed by atoms with Crippen molar-refractivity contribution in [2.75, 3.05) is 6.61 Å². The number of aromatic nitrogens is 1. The summed E-state index contributed by atoms with van der Waals surface area (Å²) in [4.78, 5) is 3.93. The molecular weight excluding hydrogens is 255 g/mol. The Morgan fingerprint density at radius 3 is 2.60 bits per heavy atom. The highest BCUT2D eigenvalue weighted by Gasteiger charge is 2.26. The molecule has 0 spiro atoms. The van der Waals surface area contributed by atoms with Crippen molar-refractivity contribution in [2.45, 2.75) is 18.3 Å². The molecule has 1 N–H and O–H groups in total. The molecule has 20 heavy (non-hydrogen) atoms. The molecule has 0 amide bonds. The summed E-state index contributed by atoms with van der Waals surface area (Å²) < 4.78 is 13.9. The minimum Gasteiger partial charge on any atom is -0.396 e. The monoisotopic (exact) mass is 270 g/mol. The van der Waals surface area contributed by atoms with Crippen LogP contribution in [0.4, 0.5) is 4.39 Å². The zero-order valence-corrected chi connectivity index (χ0v) is 10.9. The Morgan fingerprint density at radius 2 is 2.00 bits per heavy atom. The van der Waals surface area contributed by atoms with E-state index in [-0.39, 0.29) is 6.61 Å². The molecule has 1 aromatic heterocycles. The zero-order valence-electron chi connectivity index (χ0n) is 10.9. The van der Waals surface area contributed by atoms with Crippen LogP contribution < -0.4 is 0 Å². The molecule has 0 bridgehead atoms. The third-order valence-corrected chi connectivity index (χ3v) is 3.34. The van der Waals surface area contributed by atoms with Crippen molar-refractivity contribution in [3.63, 3.8) is 0 Å². The Balaban J connectivity index is 2.42. The lowest BCUT2D eigenvalue weighted by atomic mass is 9.81. The summed E-state index contributed by atoms with van der Waals surface area (Å²) in [5.41, 5.74) is 1.19. The largest absolute Gasteiger partial charge is 0.396 e. The molecular formula is C16H15FN2O. The highest BCUT2D eigenvalue weighted by atomic mass is 19.1. The van der Waals surface area contributed by atoms with E-state index in [1.165, 1.54) is 18.5 Å². The molecule has 0 aliphatic rings. The van der Waals surface area contributed by atoms with Crippen molar-refractivity contribution in [2.24, 2.45) is 0 Å². The van der Waals surface area contributed by atoms with Gasteiger partial charge in [-0.2, -0.15) is 5.26 Å². The highest BCUT2D eigenvalue weighted by Crippen LogP contribution is 2.35.